The second kappa shape index (κ2) is 39.1. The Bertz CT molecular complexity index is 1060. The van der Waals surface area contributed by atoms with E-state index >= 15 is 0 Å². The summed E-state index contributed by atoms with van der Waals surface area (Å²) in [5.41, 5.74) is 0. The van der Waals surface area contributed by atoms with Gasteiger partial charge in [0, 0.05) is 19.3 Å². The van der Waals surface area contributed by atoms with Crippen LogP contribution in [0.5, 0.6) is 0 Å². The maximum atomic E-state index is 12.6. The van der Waals surface area contributed by atoms with Gasteiger partial charge in [0.05, 0.1) is 40.3 Å². The van der Waals surface area contributed by atoms with Crippen molar-refractivity contribution >= 4 is 17.9 Å². The topological polar surface area (TPSA) is 102 Å². The fourth-order valence-electron chi connectivity index (χ4n) is 6.43. The highest BCUT2D eigenvalue weighted by atomic mass is 16.6. The van der Waals surface area contributed by atoms with Crippen LogP contribution in [0.15, 0.2) is 48.6 Å². The van der Waals surface area contributed by atoms with Crippen LogP contribution in [0, 0.1) is 0 Å². The number of unbranched alkanes of at least 4 members (excludes halogenated alkanes) is 18. The van der Waals surface area contributed by atoms with E-state index in [0.29, 0.717) is 12.8 Å². The van der Waals surface area contributed by atoms with Crippen molar-refractivity contribution in [2.45, 2.75) is 199 Å². The molecule has 0 radical (unpaired) electrons. The van der Waals surface area contributed by atoms with E-state index in [1.807, 2.05) is 0 Å². The molecule has 8 nitrogen and oxygen atoms in total. The summed E-state index contributed by atoms with van der Waals surface area (Å²) >= 11 is 0. The standard InChI is InChI=1S/C48H85NO7/c1-6-8-10-12-14-16-17-18-19-20-21-22-23-24-25-26-27-28-29-31-32-34-36-38-46(50)55-43-44(42-54-41-40-45(48(52)53)49(3,4)5)56-47(51)39-37-35-33-30-15-13-11-9-7-2/h9,11,15,21-22,24-25,30,44-45H,6-8,10,12-14,16-20,23,26-29,31-43H2,1-5H3/b11-9+,22-21+,25-24+,30-15+. The monoisotopic (exact) mass is 788 g/mol. The first-order valence-corrected chi connectivity index (χ1v) is 22.7. The molecule has 0 aromatic heterocycles. The highest BCUT2D eigenvalue weighted by molar-refractivity contribution is 5.70. The summed E-state index contributed by atoms with van der Waals surface area (Å²) in [7, 11) is 5.38. The van der Waals surface area contributed by atoms with E-state index in [0.717, 1.165) is 57.8 Å². The molecule has 56 heavy (non-hydrogen) atoms. The predicted octanol–water partition coefficient (Wildman–Crippen LogP) is 11.1. The van der Waals surface area contributed by atoms with Gasteiger partial charge in [-0.05, 0) is 70.6 Å². The minimum Gasteiger partial charge on any atom is -0.544 e. The number of likely N-dealkylation sites (N-methyl/N-ethyl adjacent to an activating group) is 1. The van der Waals surface area contributed by atoms with E-state index in [1.54, 1.807) is 21.1 Å². The van der Waals surface area contributed by atoms with Gasteiger partial charge in [0.1, 0.15) is 12.6 Å². The summed E-state index contributed by atoms with van der Waals surface area (Å²) in [5, 5.41) is 11.6. The molecule has 8 heteroatoms. The van der Waals surface area contributed by atoms with E-state index in [2.05, 4.69) is 62.5 Å². The van der Waals surface area contributed by atoms with Crippen molar-refractivity contribution < 1.29 is 38.2 Å². The predicted molar refractivity (Wildman–Crippen MR) is 231 cm³/mol. The Hall–Kier alpha value is -2.71. The van der Waals surface area contributed by atoms with Crippen LogP contribution in [0.25, 0.3) is 0 Å². The number of carbonyl (C=O) groups is 3. The van der Waals surface area contributed by atoms with Gasteiger partial charge in [-0.25, -0.2) is 0 Å². The van der Waals surface area contributed by atoms with Crippen molar-refractivity contribution in [2.24, 2.45) is 0 Å². The van der Waals surface area contributed by atoms with E-state index in [9.17, 15) is 19.5 Å². The minimum atomic E-state index is -1.13. The van der Waals surface area contributed by atoms with Gasteiger partial charge in [-0.3, -0.25) is 9.59 Å². The normalized spacial score (nSPS) is 13.4. The number of carboxylic acids is 1. The number of ether oxygens (including phenoxy) is 3. The number of carboxylic acid groups (broad SMARTS) is 1. The summed E-state index contributed by atoms with van der Waals surface area (Å²) in [5.74, 6) is -1.79. The molecule has 0 amide bonds. The van der Waals surface area contributed by atoms with Crippen LogP contribution in [-0.2, 0) is 28.6 Å². The summed E-state index contributed by atoms with van der Waals surface area (Å²) in [4.78, 5) is 36.7. The maximum absolute atomic E-state index is 12.6. The molecule has 0 bridgehead atoms. The van der Waals surface area contributed by atoms with E-state index < -0.39 is 18.1 Å². The van der Waals surface area contributed by atoms with Gasteiger partial charge in [-0.15, -0.1) is 0 Å². The molecule has 0 aromatic carbocycles. The quantitative estimate of drug-likeness (QED) is 0.0264. The SMILES string of the molecule is CC/C=C/C/C=C/CCCCC(=O)OC(COCCC(C(=O)[O-])[N+](C)(C)C)COC(=O)CCCCCCCCC/C=C/C/C=C/CCCCCCCCCCC. The third-order valence-electron chi connectivity index (χ3n) is 9.95. The molecule has 0 aliphatic heterocycles. The molecule has 0 rings (SSSR count). The van der Waals surface area contributed by atoms with Crippen molar-refractivity contribution in [3.63, 3.8) is 0 Å². The average molecular weight is 788 g/mol. The van der Waals surface area contributed by atoms with Gasteiger partial charge < -0.3 is 28.6 Å². The molecule has 2 atom stereocenters. The molecule has 0 N–H and O–H groups in total. The third kappa shape index (κ3) is 36.9. The molecular formula is C48H85NO7. The molecule has 0 heterocycles. The Morgan fingerprint density at radius 3 is 1.50 bits per heavy atom. The number of nitrogens with zero attached hydrogens (tertiary/aromatic N) is 1. The zero-order valence-electron chi connectivity index (χ0n) is 36.8. The Morgan fingerprint density at radius 2 is 1.00 bits per heavy atom. The zero-order chi connectivity index (χ0) is 41.4. The Balaban J connectivity index is 4.20. The van der Waals surface area contributed by atoms with Crippen LogP contribution in [0.1, 0.15) is 187 Å². The molecule has 0 fully saturated rings. The lowest BCUT2D eigenvalue weighted by Gasteiger charge is -2.34. The molecular weight excluding hydrogens is 703 g/mol. The Kier molecular flexibility index (Phi) is 37.2. The fraction of sp³-hybridized carbons (Fsp3) is 0.771. The smallest absolute Gasteiger partial charge is 0.306 e. The lowest BCUT2D eigenvalue weighted by molar-refractivity contribution is -0.889. The van der Waals surface area contributed by atoms with Crippen LogP contribution in [0.3, 0.4) is 0 Å². The van der Waals surface area contributed by atoms with Crippen molar-refractivity contribution in [3.05, 3.63) is 48.6 Å². The molecule has 2 unspecified atom stereocenters. The summed E-state index contributed by atoms with van der Waals surface area (Å²) < 4.78 is 17.1. The number of quaternary nitrogens is 1. The van der Waals surface area contributed by atoms with Crippen molar-refractivity contribution in [2.75, 3.05) is 41.0 Å². The number of aliphatic carboxylic acids is 1. The summed E-state index contributed by atoms with van der Waals surface area (Å²) in [6, 6.07) is -0.732. The molecule has 0 aliphatic rings. The lowest BCUT2D eigenvalue weighted by Crippen LogP contribution is -2.55. The third-order valence-corrected chi connectivity index (χ3v) is 9.95. The van der Waals surface area contributed by atoms with Crippen LogP contribution < -0.4 is 5.11 Å². The summed E-state index contributed by atoms with van der Waals surface area (Å²) in [6.45, 7) is 4.49. The number of hydrogen-bond donors (Lipinski definition) is 0. The molecule has 324 valence electrons. The van der Waals surface area contributed by atoms with E-state index in [1.165, 1.54) is 89.9 Å². The van der Waals surface area contributed by atoms with Crippen molar-refractivity contribution in [1.82, 2.24) is 0 Å². The molecule has 0 saturated carbocycles. The molecule has 0 aliphatic carbocycles. The van der Waals surface area contributed by atoms with Crippen molar-refractivity contribution in [1.29, 1.82) is 0 Å². The fourth-order valence-corrected chi connectivity index (χ4v) is 6.43. The van der Waals surface area contributed by atoms with Crippen molar-refractivity contribution in [3.8, 4) is 0 Å². The van der Waals surface area contributed by atoms with Gasteiger partial charge in [0.2, 0.25) is 0 Å². The van der Waals surface area contributed by atoms with Crippen LogP contribution >= 0.6 is 0 Å². The van der Waals surface area contributed by atoms with Crippen LogP contribution in [-0.4, -0.2) is 75.5 Å². The van der Waals surface area contributed by atoms with Gasteiger partial charge in [0.25, 0.3) is 0 Å². The van der Waals surface area contributed by atoms with Crippen LogP contribution in [0.2, 0.25) is 0 Å². The van der Waals surface area contributed by atoms with Gasteiger partial charge in [0.15, 0.2) is 6.10 Å². The zero-order valence-corrected chi connectivity index (χ0v) is 36.8. The van der Waals surface area contributed by atoms with Crippen LogP contribution in [0.4, 0.5) is 0 Å². The average Bonchev–Trinajstić information content (AvgIpc) is 3.15. The minimum absolute atomic E-state index is 0.0240. The molecule has 0 aromatic rings. The molecule has 0 spiro atoms. The molecule has 0 saturated heterocycles. The summed E-state index contributed by atoms with van der Waals surface area (Å²) in [6.07, 6.45) is 45.9. The first kappa shape index (κ1) is 53.3. The first-order valence-electron chi connectivity index (χ1n) is 22.7. The van der Waals surface area contributed by atoms with E-state index in [-0.39, 0.29) is 49.1 Å². The first-order chi connectivity index (χ1) is 27.1. The number of rotatable bonds is 40. The number of carbonyl (C=O) groups excluding carboxylic acids is 3. The number of esters is 2. The maximum Gasteiger partial charge on any atom is 0.306 e. The lowest BCUT2D eigenvalue weighted by atomic mass is 10.1. The van der Waals surface area contributed by atoms with E-state index in [4.69, 9.17) is 14.2 Å². The van der Waals surface area contributed by atoms with Gasteiger partial charge in [-0.1, -0.05) is 146 Å². The number of allylic oxidation sites excluding steroid dienone is 8. The second-order valence-corrected chi connectivity index (χ2v) is 16.3. The Morgan fingerprint density at radius 1 is 0.554 bits per heavy atom. The highest BCUT2D eigenvalue weighted by Gasteiger charge is 2.25. The second-order valence-electron chi connectivity index (χ2n) is 16.3. The van der Waals surface area contributed by atoms with Gasteiger partial charge in [-0.2, -0.15) is 0 Å². The Labute approximate surface area is 344 Å². The largest absolute Gasteiger partial charge is 0.544 e. The highest BCUT2D eigenvalue weighted by Crippen LogP contribution is 2.13. The van der Waals surface area contributed by atoms with Gasteiger partial charge >= 0.3 is 11.9 Å². The number of hydrogen-bond acceptors (Lipinski definition) is 7.